The molecule has 0 saturated heterocycles. The number of carbonyl (C=O) groups is 2. The number of amides is 1. The van der Waals surface area contributed by atoms with Crippen LogP contribution in [-0.4, -0.2) is 43.1 Å². The Hall–Kier alpha value is -0.750. The summed E-state index contributed by atoms with van der Waals surface area (Å²) in [6.45, 7) is 3.22. The highest BCUT2D eigenvalue weighted by Crippen LogP contribution is 2.12. The molecule has 1 unspecified atom stereocenters. The third-order valence-corrected chi connectivity index (χ3v) is 3.41. The van der Waals surface area contributed by atoms with Gasteiger partial charge in [-0.25, -0.2) is 0 Å². The van der Waals surface area contributed by atoms with Gasteiger partial charge >= 0.3 is 5.97 Å². The molecular weight excluding hydrogens is 240 g/mol. The molecule has 0 rings (SSSR count). The maximum Gasteiger partial charge on any atom is 0.305 e. The molecule has 0 bridgehead atoms. The van der Waals surface area contributed by atoms with Gasteiger partial charge in [0.25, 0.3) is 0 Å². The van der Waals surface area contributed by atoms with Gasteiger partial charge in [-0.1, -0.05) is 6.92 Å². The number of hydrogen-bond acceptors (Lipinski definition) is 5. The van der Waals surface area contributed by atoms with Crippen molar-refractivity contribution in [1.82, 2.24) is 5.32 Å². The molecule has 5 nitrogen and oxygen atoms in total. The number of methoxy groups -OCH3 is 1. The van der Waals surface area contributed by atoms with Gasteiger partial charge in [-0.15, -0.1) is 11.8 Å². The summed E-state index contributed by atoms with van der Waals surface area (Å²) in [7, 11) is 1.36. The van der Waals surface area contributed by atoms with Crippen molar-refractivity contribution >= 4 is 23.6 Å². The Bertz CT molecular complexity index is 237. The molecule has 1 amide bonds. The van der Waals surface area contributed by atoms with Gasteiger partial charge in [0.05, 0.1) is 12.9 Å². The second kappa shape index (κ2) is 10.4. The fraction of sp³-hybridized carbons (Fsp3) is 0.818. The van der Waals surface area contributed by atoms with Crippen LogP contribution in [0.5, 0.6) is 0 Å². The first-order valence-corrected chi connectivity index (χ1v) is 6.80. The molecular formula is C11H22N2O3S. The van der Waals surface area contributed by atoms with E-state index in [2.05, 4.69) is 17.0 Å². The predicted octanol–water partition coefficient (Wildman–Crippen LogP) is 0.526. The van der Waals surface area contributed by atoms with Gasteiger partial charge in [-0.2, -0.15) is 0 Å². The monoisotopic (exact) mass is 262 g/mol. The topological polar surface area (TPSA) is 81.4 Å². The largest absolute Gasteiger partial charge is 0.469 e. The molecule has 1 atom stereocenters. The summed E-state index contributed by atoms with van der Waals surface area (Å²) in [6, 6.07) is 0. The molecule has 0 aliphatic heterocycles. The Morgan fingerprint density at radius 3 is 2.76 bits per heavy atom. The van der Waals surface area contributed by atoms with E-state index in [1.165, 1.54) is 7.11 Å². The lowest BCUT2D eigenvalue weighted by Gasteiger charge is -2.09. The summed E-state index contributed by atoms with van der Waals surface area (Å²) < 4.78 is 4.50. The Labute approximate surface area is 107 Å². The van der Waals surface area contributed by atoms with Gasteiger partial charge in [0, 0.05) is 18.2 Å². The predicted molar refractivity (Wildman–Crippen MR) is 69.9 cm³/mol. The fourth-order valence-electron chi connectivity index (χ4n) is 1.15. The summed E-state index contributed by atoms with van der Waals surface area (Å²) in [5, 5.41) is 3.16. The van der Waals surface area contributed by atoms with Crippen molar-refractivity contribution in [1.29, 1.82) is 0 Å². The molecule has 0 aromatic carbocycles. The van der Waals surface area contributed by atoms with Crippen molar-refractivity contribution in [3.8, 4) is 0 Å². The number of nitrogens with one attached hydrogen (secondary N) is 1. The normalized spacial score (nSPS) is 11.9. The minimum absolute atomic E-state index is 0.00346. The number of carbonyl (C=O) groups excluding carboxylic acids is 2. The second-order valence-electron chi connectivity index (χ2n) is 3.73. The number of esters is 1. The van der Waals surface area contributed by atoms with Crippen LogP contribution in [0.1, 0.15) is 26.2 Å². The van der Waals surface area contributed by atoms with Crippen molar-refractivity contribution in [3.63, 3.8) is 0 Å². The summed E-state index contributed by atoms with van der Waals surface area (Å²) in [5.74, 6) is 0.202. The van der Waals surface area contributed by atoms with E-state index < -0.39 is 0 Å². The number of hydrogen-bond donors (Lipinski definition) is 2. The van der Waals surface area contributed by atoms with Crippen molar-refractivity contribution in [3.05, 3.63) is 0 Å². The third kappa shape index (κ3) is 10.1. The summed E-state index contributed by atoms with van der Waals surface area (Å²) >= 11 is 1.59. The lowest BCUT2D eigenvalue weighted by molar-refractivity contribution is -0.140. The molecule has 0 aliphatic carbocycles. The van der Waals surface area contributed by atoms with E-state index in [0.29, 0.717) is 36.9 Å². The first kappa shape index (κ1) is 16.2. The first-order valence-electron chi connectivity index (χ1n) is 5.75. The molecule has 0 fully saturated rings. The van der Waals surface area contributed by atoms with Crippen LogP contribution in [0.3, 0.4) is 0 Å². The summed E-state index contributed by atoms with van der Waals surface area (Å²) in [6.07, 6.45) is 1.87. The molecule has 0 spiro atoms. The fourth-order valence-corrected chi connectivity index (χ4v) is 1.99. The van der Waals surface area contributed by atoms with Crippen LogP contribution in [0.15, 0.2) is 0 Å². The molecule has 0 aliphatic rings. The first-order chi connectivity index (χ1) is 8.10. The molecule has 3 N–H and O–H groups in total. The summed E-state index contributed by atoms with van der Waals surface area (Å²) in [5.41, 5.74) is 5.42. The van der Waals surface area contributed by atoms with Gasteiger partial charge in [-0.05, 0) is 19.4 Å². The lowest BCUT2D eigenvalue weighted by atomic mass is 10.3. The second-order valence-corrected chi connectivity index (χ2v) is 5.16. The van der Waals surface area contributed by atoms with Crippen LogP contribution < -0.4 is 11.1 Å². The molecule has 6 heteroatoms. The molecule has 0 heterocycles. The SMILES string of the molecule is COC(=O)CCCNC(=O)CSC(C)CCN. The van der Waals surface area contributed by atoms with E-state index in [1.807, 2.05) is 0 Å². The number of rotatable bonds is 9. The summed E-state index contributed by atoms with van der Waals surface area (Å²) in [4.78, 5) is 22.2. The average molecular weight is 262 g/mol. The van der Waals surface area contributed by atoms with Crippen LogP contribution in [0.25, 0.3) is 0 Å². The minimum atomic E-state index is -0.245. The highest BCUT2D eigenvalue weighted by molar-refractivity contribution is 8.00. The molecule has 0 aromatic rings. The van der Waals surface area contributed by atoms with Gasteiger partial charge in [-0.3, -0.25) is 9.59 Å². The third-order valence-electron chi connectivity index (χ3n) is 2.18. The highest BCUT2D eigenvalue weighted by atomic mass is 32.2. The zero-order valence-corrected chi connectivity index (χ0v) is 11.3. The number of nitrogens with two attached hydrogens (primary N) is 1. The standard InChI is InChI=1S/C11H22N2O3S/c1-9(5-6-12)17-8-10(14)13-7-3-4-11(15)16-2/h9H,3-8,12H2,1-2H3,(H,13,14). The maximum absolute atomic E-state index is 11.4. The zero-order valence-electron chi connectivity index (χ0n) is 10.5. The van der Waals surface area contributed by atoms with E-state index in [-0.39, 0.29) is 11.9 Å². The number of ether oxygens (including phenoxy) is 1. The lowest BCUT2D eigenvalue weighted by Crippen LogP contribution is -2.27. The zero-order chi connectivity index (χ0) is 13.1. The molecule has 100 valence electrons. The van der Waals surface area contributed by atoms with Crippen molar-refractivity contribution in [2.24, 2.45) is 5.73 Å². The maximum atomic E-state index is 11.4. The van der Waals surface area contributed by atoms with Crippen molar-refractivity contribution < 1.29 is 14.3 Å². The van der Waals surface area contributed by atoms with Crippen molar-refractivity contribution in [2.45, 2.75) is 31.4 Å². The minimum Gasteiger partial charge on any atom is -0.469 e. The molecule has 0 saturated carbocycles. The Morgan fingerprint density at radius 2 is 2.18 bits per heavy atom. The van der Waals surface area contributed by atoms with Crippen LogP contribution >= 0.6 is 11.8 Å². The van der Waals surface area contributed by atoms with E-state index in [0.717, 1.165) is 6.42 Å². The van der Waals surface area contributed by atoms with Gasteiger partial charge in [0.2, 0.25) is 5.91 Å². The molecule has 17 heavy (non-hydrogen) atoms. The number of thioether (sulfide) groups is 1. The molecule has 0 aromatic heterocycles. The van der Waals surface area contributed by atoms with Gasteiger partial charge in [0.1, 0.15) is 0 Å². The van der Waals surface area contributed by atoms with Crippen LogP contribution in [0.2, 0.25) is 0 Å². The van der Waals surface area contributed by atoms with Crippen LogP contribution in [0, 0.1) is 0 Å². The van der Waals surface area contributed by atoms with E-state index in [9.17, 15) is 9.59 Å². The van der Waals surface area contributed by atoms with Crippen LogP contribution in [-0.2, 0) is 14.3 Å². The van der Waals surface area contributed by atoms with E-state index >= 15 is 0 Å². The smallest absolute Gasteiger partial charge is 0.305 e. The highest BCUT2D eigenvalue weighted by Gasteiger charge is 2.06. The Morgan fingerprint density at radius 1 is 1.47 bits per heavy atom. The Balaban J connectivity index is 3.43. The van der Waals surface area contributed by atoms with Crippen LogP contribution in [0.4, 0.5) is 0 Å². The van der Waals surface area contributed by atoms with Gasteiger partial charge < -0.3 is 15.8 Å². The quantitative estimate of drug-likeness (QED) is 0.468. The van der Waals surface area contributed by atoms with E-state index in [4.69, 9.17) is 5.73 Å². The van der Waals surface area contributed by atoms with Crippen molar-refractivity contribution in [2.75, 3.05) is 26.0 Å². The molecule has 0 radical (unpaired) electrons. The Kier molecular flexibility index (Phi) is 9.95. The average Bonchev–Trinajstić information content (AvgIpc) is 2.32. The van der Waals surface area contributed by atoms with Gasteiger partial charge in [0.15, 0.2) is 0 Å². The van der Waals surface area contributed by atoms with E-state index in [1.54, 1.807) is 11.8 Å².